The Kier molecular flexibility index (Phi) is 4.52. The van der Waals surface area contributed by atoms with Gasteiger partial charge in [-0.1, -0.05) is 6.07 Å². The molecule has 34 heavy (non-hydrogen) atoms. The van der Waals surface area contributed by atoms with Crippen molar-refractivity contribution in [2.45, 2.75) is 45.2 Å². The number of aromatic nitrogens is 2. The summed E-state index contributed by atoms with van der Waals surface area (Å²) < 4.78 is 36.7. The number of hydrogen-bond donors (Lipinski definition) is 1. The highest BCUT2D eigenvalue weighted by atomic mass is 19.1. The molecule has 4 aromatic rings. The van der Waals surface area contributed by atoms with Crippen molar-refractivity contribution in [3.05, 3.63) is 57.7 Å². The fourth-order valence-electron chi connectivity index (χ4n) is 4.95. The van der Waals surface area contributed by atoms with Gasteiger partial charge in [0.25, 0.3) is 5.56 Å². The molecular weight excluding hydrogens is 442 g/mol. The third kappa shape index (κ3) is 3.10. The average Bonchev–Trinajstić information content (AvgIpc) is 3.42. The van der Waals surface area contributed by atoms with Crippen LogP contribution in [0.3, 0.4) is 0 Å². The number of carbonyl (C=O) groups is 1. The number of nitrogens with two attached hydrogens (primary N) is 1. The molecule has 6 rings (SSSR count). The number of aryl methyl sites for hydroxylation is 1. The van der Waals surface area contributed by atoms with E-state index < -0.39 is 11.6 Å². The lowest BCUT2D eigenvalue weighted by Crippen LogP contribution is -2.24. The second kappa shape index (κ2) is 7.38. The lowest BCUT2D eigenvalue weighted by Gasteiger charge is -2.16. The molecule has 2 aromatic carbocycles. The van der Waals surface area contributed by atoms with Crippen LogP contribution in [0.25, 0.3) is 33.1 Å². The minimum atomic E-state index is -0.706. The van der Waals surface area contributed by atoms with Gasteiger partial charge in [0.2, 0.25) is 11.8 Å². The third-order valence-electron chi connectivity index (χ3n) is 6.80. The Morgan fingerprint density at radius 3 is 2.65 bits per heavy atom. The number of rotatable bonds is 4. The van der Waals surface area contributed by atoms with Crippen LogP contribution in [-0.2, 0) is 11.3 Å². The molecule has 2 aromatic heterocycles. The molecule has 0 spiro atoms. The molecule has 0 bridgehead atoms. The Morgan fingerprint density at radius 2 is 1.94 bits per heavy atom. The van der Waals surface area contributed by atoms with Gasteiger partial charge in [-0.15, -0.1) is 0 Å². The van der Waals surface area contributed by atoms with Gasteiger partial charge in [-0.2, -0.15) is 0 Å². The number of amides is 1. The van der Waals surface area contributed by atoms with Crippen LogP contribution in [0.5, 0.6) is 0 Å². The Hall–Kier alpha value is -3.75. The molecule has 2 aliphatic rings. The van der Waals surface area contributed by atoms with E-state index in [0.29, 0.717) is 46.5 Å². The molecule has 1 saturated carbocycles. The van der Waals surface area contributed by atoms with Crippen LogP contribution in [0.1, 0.15) is 43.2 Å². The number of benzene rings is 2. The van der Waals surface area contributed by atoms with Gasteiger partial charge >= 0.3 is 0 Å². The van der Waals surface area contributed by atoms with Crippen molar-refractivity contribution >= 4 is 33.6 Å². The summed E-state index contributed by atoms with van der Waals surface area (Å²) in [5.74, 6) is -0.992. The van der Waals surface area contributed by atoms with Crippen LogP contribution in [0.15, 0.2) is 33.5 Å². The first kappa shape index (κ1) is 20.8. The topological polar surface area (TPSA) is 94.4 Å². The summed E-state index contributed by atoms with van der Waals surface area (Å²) in [6.07, 6.45) is 2.99. The number of pyridine rings is 1. The Balaban J connectivity index is 1.59. The molecule has 2 fully saturated rings. The first-order valence-corrected chi connectivity index (χ1v) is 11.3. The van der Waals surface area contributed by atoms with Crippen LogP contribution >= 0.6 is 0 Å². The third-order valence-corrected chi connectivity index (χ3v) is 6.80. The van der Waals surface area contributed by atoms with Crippen molar-refractivity contribution in [1.29, 1.82) is 0 Å². The molecule has 2 N–H and O–H groups in total. The summed E-state index contributed by atoms with van der Waals surface area (Å²) in [6, 6.07) is 5.51. The van der Waals surface area contributed by atoms with Crippen molar-refractivity contribution in [2.24, 2.45) is 0 Å². The van der Waals surface area contributed by atoms with Crippen molar-refractivity contribution in [2.75, 3.05) is 12.3 Å². The zero-order valence-electron chi connectivity index (χ0n) is 18.5. The number of fused-ring (bicyclic) bond motifs is 3. The normalized spacial score (nSPS) is 16.3. The predicted molar refractivity (Wildman–Crippen MR) is 123 cm³/mol. The largest absolute Gasteiger partial charge is 0.438 e. The summed E-state index contributed by atoms with van der Waals surface area (Å²) in [7, 11) is 0. The van der Waals surface area contributed by atoms with E-state index in [4.69, 9.17) is 10.2 Å². The van der Waals surface area contributed by atoms with E-state index in [0.717, 1.165) is 31.4 Å². The zero-order chi connectivity index (χ0) is 23.7. The quantitative estimate of drug-likeness (QED) is 0.451. The first-order valence-electron chi connectivity index (χ1n) is 11.3. The molecule has 0 radical (unpaired) electrons. The van der Waals surface area contributed by atoms with E-state index in [1.54, 1.807) is 28.5 Å². The number of halogens is 2. The van der Waals surface area contributed by atoms with Gasteiger partial charge in [0, 0.05) is 36.0 Å². The van der Waals surface area contributed by atoms with Gasteiger partial charge in [-0.3, -0.25) is 9.59 Å². The van der Waals surface area contributed by atoms with E-state index in [2.05, 4.69) is 4.98 Å². The molecule has 0 unspecified atom stereocenters. The highest BCUT2D eigenvalue weighted by Crippen LogP contribution is 2.41. The van der Waals surface area contributed by atoms with E-state index in [1.165, 1.54) is 0 Å². The second-order valence-electron chi connectivity index (χ2n) is 9.10. The van der Waals surface area contributed by atoms with Gasteiger partial charge in [0.05, 0.1) is 17.7 Å². The number of hydrogen-bond acceptors (Lipinski definition) is 5. The molecule has 9 heteroatoms. The fraction of sp³-hybridized carbons (Fsp3) is 0.320. The van der Waals surface area contributed by atoms with Gasteiger partial charge < -0.3 is 19.6 Å². The maximum Gasteiger partial charge on any atom is 0.281 e. The molecule has 1 amide bonds. The molecule has 7 nitrogen and oxygen atoms in total. The minimum Gasteiger partial charge on any atom is -0.438 e. The van der Waals surface area contributed by atoms with E-state index in [-0.39, 0.29) is 40.8 Å². The SMILES string of the molecule is Cc1c(-c2cc(F)c(N)cc2F)ccc2c3oc(CN4CCCC4=O)nc3c(=O)n(C3CC3)c12. The number of carbonyl (C=O) groups excluding carboxylic acids is 1. The number of nitrogen functional groups attached to an aromatic ring is 1. The number of nitrogens with zero attached hydrogens (tertiary/aromatic N) is 3. The summed E-state index contributed by atoms with van der Waals surface area (Å²) in [6.45, 7) is 2.64. The molecule has 1 aliphatic heterocycles. The van der Waals surface area contributed by atoms with Crippen LogP contribution in [0, 0.1) is 18.6 Å². The van der Waals surface area contributed by atoms with Crippen LogP contribution in [-0.4, -0.2) is 26.9 Å². The Labute approximate surface area is 192 Å². The highest BCUT2D eigenvalue weighted by Gasteiger charge is 2.31. The van der Waals surface area contributed by atoms with E-state index in [9.17, 15) is 18.4 Å². The zero-order valence-corrected chi connectivity index (χ0v) is 18.5. The van der Waals surface area contributed by atoms with Crippen LogP contribution in [0.2, 0.25) is 0 Å². The van der Waals surface area contributed by atoms with Crippen molar-refractivity contribution in [3.8, 4) is 11.1 Å². The highest BCUT2D eigenvalue weighted by molar-refractivity contribution is 6.04. The molecule has 1 aliphatic carbocycles. The monoisotopic (exact) mass is 464 g/mol. The first-order chi connectivity index (χ1) is 16.3. The average molecular weight is 464 g/mol. The van der Waals surface area contributed by atoms with Crippen LogP contribution < -0.4 is 11.3 Å². The number of likely N-dealkylation sites (tertiary alicyclic amines) is 1. The maximum absolute atomic E-state index is 14.8. The van der Waals surface area contributed by atoms with E-state index in [1.807, 2.05) is 0 Å². The summed E-state index contributed by atoms with van der Waals surface area (Å²) in [5.41, 5.74) is 7.34. The lowest BCUT2D eigenvalue weighted by molar-refractivity contribution is -0.128. The predicted octanol–water partition coefficient (Wildman–Crippen LogP) is 4.44. The van der Waals surface area contributed by atoms with Crippen molar-refractivity contribution < 1.29 is 18.0 Å². The Morgan fingerprint density at radius 1 is 1.15 bits per heavy atom. The van der Waals surface area contributed by atoms with Crippen molar-refractivity contribution in [1.82, 2.24) is 14.5 Å². The lowest BCUT2D eigenvalue weighted by atomic mass is 9.96. The van der Waals surface area contributed by atoms with Gasteiger partial charge in [-0.25, -0.2) is 13.8 Å². The van der Waals surface area contributed by atoms with Crippen molar-refractivity contribution in [3.63, 3.8) is 0 Å². The summed E-state index contributed by atoms with van der Waals surface area (Å²) in [5, 5.41) is 0.672. The van der Waals surface area contributed by atoms with Gasteiger partial charge in [0.1, 0.15) is 11.6 Å². The summed E-state index contributed by atoms with van der Waals surface area (Å²) >= 11 is 0. The number of anilines is 1. The number of oxazole rings is 1. The molecule has 0 atom stereocenters. The molecular formula is C25H22F2N4O3. The fourth-order valence-corrected chi connectivity index (χ4v) is 4.95. The van der Waals surface area contributed by atoms with Gasteiger partial charge in [-0.05, 0) is 49.4 Å². The Bertz CT molecular complexity index is 1570. The smallest absolute Gasteiger partial charge is 0.281 e. The molecule has 174 valence electrons. The maximum atomic E-state index is 14.8. The standard InChI is InChI=1S/C25H22F2N4O3/c1-12-14(16-9-18(27)19(28)10-17(16)26)6-7-15-23(12)31(13-4-5-13)25(33)22-24(15)34-20(29-22)11-30-8-2-3-21(30)32/h6-7,9-10,13H,2-5,8,11,28H2,1H3. The van der Waals surface area contributed by atoms with Crippen LogP contribution in [0.4, 0.5) is 14.5 Å². The second-order valence-corrected chi connectivity index (χ2v) is 9.10. The molecule has 1 saturated heterocycles. The van der Waals surface area contributed by atoms with E-state index >= 15 is 0 Å². The minimum absolute atomic E-state index is 0.0154. The summed E-state index contributed by atoms with van der Waals surface area (Å²) in [4.78, 5) is 31.7. The molecule has 3 heterocycles. The van der Waals surface area contributed by atoms with Gasteiger partial charge in [0.15, 0.2) is 11.1 Å².